The van der Waals surface area contributed by atoms with Crippen LogP contribution in [-0.4, -0.2) is 5.91 Å². The lowest BCUT2D eigenvalue weighted by Crippen LogP contribution is -2.27. The van der Waals surface area contributed by atoms with E-state index in [9.17, 15) is 4.79 Å². The number of nitrogens with one attached hydrogen (secondary N) is 1. The summed E-state index contributed by atoms with van der Waals surface area (Å²) >= 11 is 0. The maximum Gasteiger partial charge on any atom is 0.253 e. The average molecular weight is 254 g/mol. The number of nitrogens with two attached hydrogens (primary N) is 1. The Kier molecular flexibility index (Phi) is 3.85. The molecule has 0 radical (unpaired) electrons. The summed E-state index contributed by atoms with van der Waals surface area (Å²) in [4.78, 5) is 12.1. The fraction of sp³-hybridized carbons (Fsp3) is 0.188. The highest BCUT2D eigenvalue weighted by Crippen LogP contribution is 2.16. The molecular formula is C16H18N2O. The Morgan fingerprint density at radius 1 is 1.11 bits per heavy atom. The number of anilines is 1. The fourth-order valence-electron chi connectivity index (χ4n) is 1.92. The van der Waals surface area contributed by atoms with Crippen LogP contribution in [0.25, 0.3) is 0 Å². The van der Waals surface area contributed by atoms with Crippen LogP contribution in [0.5, 0.6) is 0 Å². The predicted octanol–water partition coefficient (Wildman–Crippen LogP) is 3.07. The molecule has 0 bridgehead atoms. The van der Waals surface area contributed by atoms with E-state index in [2.05, 4.69) is 5.32 Å². The SMILES string of the molecule is Cc1ccc([C@H](C)NC(=O)c2ccccc2N)cc1. The first-order valence-corrected chi connectivity index (χ1v) is 6.30. The van der Waals surface area contributed by atoms with E-state index >= 15 is 0 Å². The van der Waals surface area contributed by atoms with E-state index in [1.54, 1.807) is 12.1 Å². The minimum absolute atomic E-state index is 0.0484. The summed E-state index contributed by atoms with van der Waals surface area (Å²) < 4.78 is 0. The highest BCUT2D eigenvalue weighted by Gasteiger charge is 2.13. The third-order valence-electron chi connectivity index (χ3n) is 3.13. The molecule has 0 saturated heterocycles. The molecule has 0 unspecified atom stereocenters. The number of carbonyl (C=O) groups is 1. The number of hydrogen-bond donors (Lipinski definition) is 2. The molecule has 1 amide bonds. The lowest BCUT2D eigenvalue weighted by molar-refractivity contribution is 0.0941. The van der Waals surface area contributed by atoms with Gasteiger partial charge >= 0.3 is 0 Å². The number of rotatable bonds is 3. The van der Waals surface area contributed by atoms with Crippen LogP contribution >= 0.6 is 0 Å². The zero-order chi connectivity index (χ0) is 13.8. The lowest BCUT2D eigenvalue weighted by atomic mass is 10.1. The second kappa shape index (κ2) is 5.57. The zero-order valence-electron chi connectivity index (χ0n) is 11.2. The maximum absolute atomic E-state index is 12.1. The minimum Gasteiger partial charge on any atom is -0.398 e. The topological polar surface area (TPSA) is 55.1 Å². The molecule has 0 aliphatic carbocycles. The maximum atomic E-state index is 12.1. The molecule has 2 aromatic carbocycles. The molecule has 2 rings (SSSR count). The number of nitrogen functional groups attached to an aromatic ring is 1. The first kappa shape index (κ1) is 13.1. The Bertz CT molecular complexity index is 576. The molecular weight excluding hydrogens is 236 g/mol. The summed E-state index contributed by atoms with van der Waals surface area (Å²) in [5, 5.41) is 2.95. The summed E-state index contributed by atoms with van der Waals surface area (Å²) in [6.07, 6.45) is 0. The number of para-hydroxylation sites is 1. The van der Waals surface area contributed by atoms with Gasteiger partial charge in [0.25, 0.3) is 5.91 Å². The van der Waals surface area contributed by atoms with Gasteiger partial charge in [-0.15, -0.1) is 0 Å². The first-order valence-electron chi connectivity index (χ1n) is 6.30. The van der Waals surface area contributed by atoms with Crippen molar-refractivity contribution in [3.05, 3.63) is 65.2 Å². The van der Waals surface area contributed by atoms with Crippen LogP contribution < -0.4 is 11.1 Å². The number of amides is 1. The van der Waals surface area contributed by atoms with Gasteiger partial charge < -0.3 is 11.1 Å². The molecule has 19 heavy (non-hydrogen) atoms. The molecule has 0 aliphatic heterocycles. The molecule has 0 fully saturated rings. The second-order valence-corrected chi connectivity index (χ2v) is 4.69. The van der Waals surface area contributed by atoms with Gasteiger partial charge in [0, 0.05) is 5.69 Å². The third-order valence-corrected chi connectivity index (χ3v) is 3.13. The number of hydrogen-bond acceptors (Lipinski definition) is 2. The van der Waals surface area contributed by atoms with Crippen LogP contribution in [0, 0.1) is 6.92 Å². The van der Waals surface area contributed by atoms with Crippen molar-refractivity contribution in [3.8, 4) is 0 Å². The molecule has 3 N–H and O–H groups in total. The van der Waals surface area contributed by atoms with Crippen molar-refractivity contribution in [1.29, 1.82) is 0 Å². The van der Waals surface area contributed by atoms with Crippen LogP contribution in [0.1, 0.15) is 34.5 Å². The molecule has 0 aliphatic rings. The minimum atomic E-state index is -0.147. The van der Waals surface area contributed by atoms with Crippen LogP contribution in [0.3, 0.4) is 0 Å². The Balaban J connectivity index is 2.11. The molecule has 2 aromatic rings. The number of benzene rings is 2. The molecule has 0 heterocycles. The Morgan fingerprint density at radius 2 is 1.74 bits per heavy atom. The van der Waals surface area contributed by atoms with E-state index in [0.717, 1.165) is 5.56 Å². The summed E-state index contributed by atoms with van der Waals surface area (Å²) in [7, 11) is 0. The molecule has 98 valence electrons. The van der Waals surface area contributed by atoms with Gasteiger partial charge in [-0.1, -0.05) is 42.0 Å². The van der Waals surface area contributed by atoms with Gasteiger partial charge in [0.15, 0.2) is 0 Å². The van der Waals surface area contributed by atoms with Crippen molar-refractivity contribution in [2.75, 3.05) is 5.73 Å². The summed E-state index contributed by atoms with van der Waals surface area (Å²) in [5.74, 6) is -0.147. The van der Waals surface area contributed by atoms with Gasteiger partial charge in [0.1, 0.15) is 0 Å². The summed E-state index contributed by atoms with van der Waals surface area (Å²) in [6.45, 7) is 4.00. The zero-order valence-corrected chi connectivity index (χ0v) is 11.2. The molecule has 0 spiro atoms. The standard InChI is InChI=1S/C16H18N2O/c1-11-7-9-13(10-8-11)12(2)18-16(19)14-5-3-4-6-15(14)17/h3-10,12H,17H2,1-2H3,(H,18,19)/t12-/m0/s1. The predicted molar refractivity (Wildman–Crippen MR) is 77.9 cm³/mol. The van der Waals surface area contributed by atoms with Crippen LogP contribution in [0.15, 0.2) is 48.5 Å². The number of aryl methyl sites for hydroxylation is 1. The van der Waals surface area contributed by atoms with Crippen molar-refractivity contribution in [2.24, 2.45) is 0 Å². The average Bonchev–Trinajstić information content (AvgIpc) is 2.39. The van der Waals surface area contributed by atoms with Crippen LogP contribution in [-0.2, 0) is 0 Å². The van der Waals surface area contributed by atoms with Crippen molar-refractivity contribution < 1.29 is 4.79 Å². The van der Waals surface area contributed by atoms with E-state index in [1.807, 2.05) is 50.2 Å². The third kappa shape index (κ3) is 3.13. The highest BCUT2D eigenvalue weighted by molar-refractivity contribution is 5.99. The van der Waals surface area contributed by atoms with E-state index in [-0.39, 0.29) is 11.9 Å². The molecule has 1 atom stereocenters. The van der Waals surface area contributed by atoms with Crippen LogP contribution in [0.2, 0.25) is 0 Å². The normalized spacial score (nSPS) is 11.9. The smallest absolute Gasteiger partial charge is 0.253 e. The molecule has 3 nitrogen and oxygen atoms in total. The van der Waals surface area contributed by atoms with E-state index in [1.165, 1.54) is 5.56 Å². The van der Waals surface area contributed by atoms with E-state index in [4.69, 9.17) is 5.73 Å². The van der Waals surface area contributed by atoms with Gasteiger partial charge in [0.05, 0.1) is 11.6 Å². The monoisotopic (exact) mass is 254 g/mol. The van der Waals surface area contributed by atoms with Crippen molar-refractivity contribution in [2.45, 2.75) is 19.9 Å². The quantitative estimate of drug-likeness (QED) is 0.827. The number of carbonyl (C=O) groups excluding carboxylic acids is 1. The molecule has 0 saturated carbocycles. The van der Waals surface area contributed by atoms with Crippen LogP contribution in [0.4, 0.5) is 5.69 Å². The summed E-state index contributed by atoms with van der Waals surface area (Å²) in [6, 6.07) is 15.1. The van der Waals surface area contributed by atoms with E-state index in [0.29, 0.717) is 11.3 Å². The van der Waals surface area contributed by atoms with Gasteiger partial charge in [-0.3, -0.25) is 4.79 Å². The van der Waals surface area contributed by atoms with Crippen molar-refractivity contribution >= 4 is 11.6 Å². The van der Waals surface area contributed by atoms with Gasteiger partial charge in [-0.25, -0.2) is 0 Å². The Labute approximate surface area is 113 Å². The van der Waals surface area contributed by atoms with Crippen molar-refractivity contribution in [1.82, 2.24) is 5.32 Å². The summed E-state index contributed by atoms with van der Waals surface area (Å²) in [5.41, 5.74) is 9.09. The highest BCUT2D eigenvalue weighted by atomic mass is 16.1. The largest absolute Gasteiger partial charge is 0.398 e. The van der Waals surface area contributed by atoms with Gasteiger partial charge in [-0.05, 0) is 31.5 Å². The van der Waals surface area contributed by atoms with E-state index < -0.39 is 0 Å². The van der Waals surface area contributed by atoms with Crippen molar-refractivity contribution in [3.63, 3.8) is 0 Å². The lowest BCUT2D eigenvalue weighted by Gasteiger charge is -2.15. The van der Waals surface area contributed by atoms with Gasteiger partial charge in [-0.2, -0.15) is 0 Å². The molecule has 3 heteroatoms. The second-order valence-electron chi connectivity index (χ2n) is 4.69. The van der Waals surface area contributed by atoms with Gasteiger partial charge in [0.2, 0.25) is 0 Å². The molecule has 0 aromatic heterocycles. The Hall–Kier alpha value is -2.29. The first-order chi connectivity index (χ1) is 9.08. The Morgan fingerprint density at radius 3 is 2.37 bits per heavy atom. The fourth-order valence-corrected chi connectivity index (χ4v) is 1.92.